The summed E-state index contributed by atoms with van der Waals surface area (Å²) < 4.78 is 11.0. The van der Waals surface area contributed by atoms with Gasteiger partial charge in [-0.3, -0.25) is 9.88 Å². The zero-order chi connectivity index (χ0) is 22.5. The molecule has 1 fully saturated rings. The van der Waals surface area contributed by atoms with Gasteiger partial charge >= 0.3 is 0 Å². The van der Waals surface area contributed by atoms with Gasteiger partial charge in [-0.2, -0.15) is 0 Å². The van der Waals surface area contributed by atoms with Crippen LogP contribution >= 0.6 is 0 Å². The highest BCUT2D eigenvalue weighted by molar-refractivity contribution is 5.66. The monoisotopic (exact) mass is 433 g/mol. The van der Waals surface area contributed by atoms with Crippen molar-refractivity contribution in [2.45, 2.75) is 31.8 Å². The van der Waals surface area contributed by atoms with Crippen LogP contribution in [0.3, 0.4) is 0 Å². The second-order valence-corrected chi connectivity index (χ2v) is 8.26. The topological polar surface area (TPSA) is 63.6 Å². The maximum absolute atomic E-state index is 5.67. The largest absolute Gasteiger partial charge is 0.497 e. The van der Waals surface area contributed by atoms with Crippen LogP contribution in [0, 0.1) is 0 Å². The molecule has 0 bridgehead atoms. The van der Waals surface area contributed by atoms with E-state index in [-0.39, 0.29) is 6.04 Å². The minimum Gasteiger partial charge on any atom is -0.497 e. The molecule has 2 aromatic heterocycles. The van der Waals surface area contributed by atoms with Crippen molar-refractivity contribution in [2.24, 2.45) is 0 Å². The molecular formula is C25H31N5O2. The molecule has 168 valence electrons. The molecular weight excluding hydrogens is 402 g/mol. The number of methoxy groups -OCH3 is 2. The summed E-state index contributed by atoms with van der Waals surface area (Å²) in [6.07, 6.45) is 9.00. The predicted octanol–water partition coefficient (Wildman–Crippen LogP) is 4.35. The highest BCUT2D eigenvalue weighted by Gasteiger charge is 2.29. The number of likely N-dealkylation sites (tertiary alicyclic amines) is 1. The van der Waals surface area contributed by atoms with Crippen molar-refractivity contribution in [1.82, 2.24) is 19.9 Å². The van der Waals surface area contributed by atoms with Crippen molar-refractivity contribution < 1.29 is 9.47 Å². The fourth-order valence-electron chi connectivity index (χ4n) is 4.30. The SMILES string of the molecule is COc1ccc(CN2CCCC[C@@H]2c2nc(N(C)C)ncc2-c2ccncc2)c(OC)c1. The first kappa shape index (κ1) is 22.0. The van der Waals surface area contributed by atoms with E-state index in [1.807, 2.05) is 61.9 Å². The first-order chi connectivity index (χ1) is 15.6. The van der Waals surface area contributed by atoms with Crippen molar-refractivity contribution in [2.75, 3.05) is 39.8 Å². The molecule has 0 radical (unpaired) electrons. The van der Waals surface area contributed by atoms with Crippen LogP contribution in [0.4, 0.5) is 5.95 Å². The number of benzene rings is 1. The van der Waals surface area contributed by atoms with Crippen molar-refractivity contribution in [3.8, 4) is 22.6 Å². The molecule has 4 rings (SSSR count). The van der Waals surface area contributed by atoms with Crippen molar-refractivity contribution in [1.29, 1.82) is 0 Å². The van der Waals surface area contributed by atoms with E-state index in [0.717, 1.165) is 59.3 Å². The zero-order valence-corrected chi connectivity index (χ0v) is 19.3. The number of aromatic nitrogens is 3. The van der Waals surface area contributed by atoms with Gasteiger partial charge in [-0.05, 0) is 43.1 Å². The van der Waals surface area contributed by atoms with Crippen LogP contribution in [-0.4, -0.2) is 54.7 Å². The summed E-state index contributed by atoms with van der Waals surface area (Å²) in [7, 11) is 7.34. The summed E-state index contributed by atoms with van der Waals surface area (Å²) in [5, 5.41) is 0. The second-order valence-electron chi connectivity index (χ2n) is 8.26. The molecule has 7 nitrogen and oxygen atoms in total. The number of rotatable bonds is 7. The Labute approximate surface area is 190 Å². The van der Waals surface area contributed by atoms with E-state index in [0.29, 0.717) is 0 Å². The maximum atomic E-state index is 5.67. The Kier molecular flexibility index (Phi) is 6.85. The standard InChI is InChI=1S/C25H31N5O2/c1-29(2)25-27-16-21(18-10-12-26-13-11-18)24(28-25)22-7-5-6-14-30(22)17-19-8-9-20(31-3)15-23(19)32-4/h8-13,15-16,22H,5-7,14,17H2,1-4H3/t22-/m1/s1. The molecule has 0 spiro atoms. The van der Waals surface area contributed by atoms with Crippen LogP contribution in [0.25, 0.3) is 11.1 Å². The Hall–Kier alpha value is -3.19. The third-order valence-electron chi connectivity index (χ3n) is 5.99. The minimum atomic E-state index is 0.195. The molecule has 3 aromatic rings. The van der Waals surface area contributed by atoms with Crippen LogP contribution in [-0.2, 0) is 6.54 Å². The van der Waals surface area contributed by atoms with Gasteiger partial charge < -0.3 is 14.4 Å². The lowest BCUT2D eigenvalue weighted by atomic mass is 9.93. The Morgan fingerprint density at radius 3 is 2.59 bits per heavy atom. The van der Waals surface area contributed by atoms with Gasteiger partial charge in [-0.25, -0.2) is 9.97 Å². The van der Waals surface area contributed by atoms with Crippen molar-refractivity contribution in [3.05, 3.63) is 60.2 Å². The van der Waals surface area contributed by atoms with Gasteiger partial charge in [-0.1, -0.05) is 12.5 Å². The molecule has 1 aliphatic heterocycles. The Morgan fingerprint density at radius 1 is 1.06 bits per heavy atom. The summed E-state index contributed by atoms with van der Waals surface area (Å²) in [4.78, 5) is 18.3. The van der Waals surface area contributed by atoms with Gasteiger partial charge in [0.1, 0.15) is 11.5 Å². The molecule has 0 unspecified atom stereocenters. The number of ether oxygens (including phenoxy) is 2. The Bertz CT molecular complexity index is 1040. The van der Waals surface area contributed by atoms with Gasteiger partial charge in [0.2, 0.25) is 5.95 Å². The first-order valence-electron chi connectivity index (χ1n) is 11.0. The normalized spacial score (nSPS) is 16.6. The minimum absolute atomic E-state index is 0.195. The molecule has 1 aromatic carbocycles. The quantitative estimate of drug-likeness (QED) is 0.549. The lowest BCUT2D eigenvalue weighted by molar-refractivity contribution is 0.136. The van der Waals surface area contributed by atoms with E-state index in [9.17, 15) is 0 Å². The third kappa shape index (κ3) is 4.67. The van der Waals surface area contributed by atoms with Crippen LogP contribution in [0.15, 0.2) is 48.9 Å². The zero-order valence-electron chi connectivity index (χ0n) is 19.3. The van der Waals surface area contributed by atoms with Gasteiger partial charge in [0.05, 0.1) is 26.0 Å². The number of nitrogens with zero attached hydrogens (tertiary/aromatic N) is 5. The molecule has 0 N–H and O–H groups in total. The average Bonchev–Trinajstić information content (AvgIpc) is 2.84. The maximum Gasteiger partial charge on any atom is 0.225 e. The van der Waals surface area contributed by atoms with E-state index in [1.165, 1.54) is 12.8 Å². The van der Waals surface area contributed by atoms with Crippen molar-refractivity contribution in [3.63, 3.8) is 0 Å². The molecule has 1 atom stereocenters. The molecule has 3 heterocycles. The molecule has 7 heteroatoms. The summed E-state index contributed by atoms with van der Waals surface area (Å²) in [5.41, 5.74) is 4.37. The van der Waals surface area contributed by atoms with Crippen LogP contribution in [0.5, 0.6) is 11.5 Å². The fourth-order valence-corrected chi connectivity index (χ4v) is 4.30. The van der Waals surface area contributed by atoms with Crippen molar-refractivity contribution >= 4 is 5.95 Å². The highest BCUT2D eigenvalue weighted by Crippen LogP contribution is 2.38. The third-order valence-corrected chi connectivity index (χ3v) is 5.99. The molecule has 0 saturated carbocycles. The number of piperidine rings is 1. The molecule has 0 amide bonds. The predicted molar refractivity (Wildman–Crippen MR) is 126 cm³/mol. The first-order valence-corrected chi connectivity index (χ1v) is 11.0. The van der Waals surface area contributed by atoms with Crippen LogP contribution in [0.1, 0.15) is 36.6 Å². The lowest BCUT2D eigenvalue weighted by Gasteiger charge is -2.36. The fraction of sp³-hybridized carbons (Fsp3) is 0.400. The molecule has 0 aliphatic carbocycles. The number of hydrogen-bond donors (Lipinski definition) is 0. The summed E-state index contributed by atoms with van der Waals surface area (Å²) in [5.74, 6) is 2.37. The Balaban J connectivity index is 1.73. The molecule has 1 saturated heterocycles. The van der Waals surface area contributed by atoms with E-state index >= 15 is 0 Å². The molecule has 32 heavy (non-hydrogen) atoms. The number of pyridine rings is 1. The van der Waals surface area contributed by atoms with E-state index < -0.39 is 0 Å². The highest BCUT2D eigenvalue weighted by atomic mass is 16.5. The number of hydrogen-bond acceptors (Lipinski definition) is 7. The van der Waals surface area contributed by atoms with E-state index in [4.69, 9.17) is 14.5 Å². The lowest BCUT2D eigenvalue weighted by Crippen LogP contribution is -2.34. The smallest absolute Gasteiger partial charge is 0.225 e. The Morgan fingerprint density at radius 2 is 1.88 bits per heavy atom. The summed E-state index contributed by atoms with van der Waals surface area (Å²) >= 11 is 0. The summed E-state index contributed by atoms with van der Waals surface area (Å²) in [6, 6.07) is 10.3. The number of anilines is 1. The van der Waals surface area contributed by atoms with Gasteiger partial charge in [0.25, 0.3) is 0 Å². The average molecular weight is 434 g/mol. The van der Waals surface area contributed by atoms with Gasteiger partial charge in [-0.15, -0.1) is 0 Å². The van der Waals surface area contributed by atoms with E-state index in [2.05, 4.69) is 20.9 Å². The van der Waals surface area contributed by atoms with Crippen LogP contribution < -0.4 is 14.4 Å². The molecule has 1 aliphatic rings. The van der Waals surface area contributed by atoms with E-state index in [1.54, 1.807) is 14.2 Å². The second kappa shape index (κ2) is 9.96. The summed E-state index contributed by atoms with van der Waals surface area (Å²) in [6.45, 7) is 1.80. The van der Waals surface area contributed by atoms with Gasteiger partial charge in [0.15, 0.2) is 0 Å². The van der Waals surface area contributed by atoms with Crippen LogP contribution in [0.2, 0.25) is 0 Å². The van der Waals surface area contributed by atoms with Gasteiger partial charge in [0, 0.05) is 56.4 Å².